The highest BCUT2D eigenvalue weighted by Gasteiger charge is 2.14. The summed E-state index contributed by atoms with van der Waals surface area (Å²) in [7, 11) is 0. The van der Waals surface area contributed by atoms with Crippen molar-refractivity contribution in [2.24, 2.45) is 5.73 Å². The van der Waals surface area contributed by atoms with E-state index in [1.807, 2.05) is 36.4 Å². The highest BCUT2D eigenvalue weighted by Crippen LogP contribution is 2.24. The molecule has 0 saturated heterocycles. The van der Waals surface area contributed by atoms with Gasteiger partial charge >= 0.3 is 0 Å². The van der Waals surface area contributed by atoms with Crippen LogP contribution in [0.25, 0.3) is 11.1 Å². The van der Waals surface area contributed by atoms with E-state index < -0.39 is 0 Å². The van der Waals surface area contributed by atoms with E-state index >= 15 is 0 Å². The number of hydrogen-bond acceptors (Lipinski definition) is 3. The molecule has 0 amide bonds. The van der Waals surface area contributed by atoms with Crippen molar-refractivity contribution in [3.8, 4) is 0 Å². The van der Waals surface area contributed by atoms with E-state index in [1.54, 1.807) is 0 Å². The van der Waals surface area contributed by atoms with E-state index in [0.717, 1.165) is 21.1 Å². The van der Waals surface area contributed by atoms with Crippen LogP contribution < -0.4 is 5.73 Å². The first-order chi connectivity index (χ1) is 9.63. The Balaban J connectivity index is 1.86. The van der Waals surface area contributed by atoms with E-state index in [-0.39, 0.29) is 6.04 Å². The van der Waals surface area contributed by atoms with Crippen molar-refractivity contribution in [3.63, 3.8) is 0 Å². The summed E-state index contributed by atoms with van der Waals surface area (Å²) in [5.41, 5.74) is 10.3. The van der Waals surface area contributed by atoms with Crippen LogP contribution in [-0.2, 0) is 6.42 Å². The molecule has 0 aliphatic heterocycles. The maximum absolute atomic E-state index is 6.28. The highest BCUT2D eigenvalue weighted by molar-refractivity contribution is 9.10. The number of nitrogens with zero attached hydrogens (tertiary/aromatic N) is 1. The van der Waals surface area contributed by atoms with Gasteiger partial charge in [-0.15, -0.1) is 0 Å². The van der Waals surface area contributed by atoms with Gasteiger partial charge in [-0.05, 0) is 42.3 Å². The van der Waals surface area contributed by atoms with Crippen LogP contribution in [0.2, 0.25) is 0 Å². The monoisotopic (exact) mass is 330 g/mol. The molecule has 0 bridgehead atoms. The van der Waals surface area contributed by atoms with E-state index in [2.05, 4.69) is 33.9 Å². The number of para-hydroxylation sites is 2. The van der Waals surface area contributed by atoms with Crippen molar-refractivity contribution in [3.05, 3.63) is 64.0 Å². The molecule has 0 spiro atoms. The molecule has 1 atom stereocenters. The minimum atomic E-state index is -0.115. The summed E-state index contributed by atoms with van der Waals surface area (Å²) in [6, 6.07) is 13.8. The van der Waals surface area contributed by atoms with Gasteiger partial charge in [-0.25, -0.2) is 4.98 Å². The smallest absolute Gasteiger partial charge is 0.197 e. The molecule has 0 radical (unpaired) electrons. The van der Waals surface area contributed by atoms with Crippen molar-refractivity contribution in [1.29, 1.82) is 0 Å². The van der Waals surface area contributed by atoms with E-state index in [4.69, 9.17) is 10.2 Å². The Morgan fingerprint density at radius 1 is 1.25 bits per heavy atom. The van der Waals surface area contributed by atoms with Crippen LogP contribution in [0.3, 0.4) is 0 Å². The first-order valence-electron chi connectivity index (χ1n) is 6.49. The maximum Gasteiger partial charge on any atom is 0.197 e. The zero-order chi connectivity index (χ0) is 14.1. The lowest BCUT2D eigenvalue weighted by atomic mass is 10.00. The molecular weight excluding hydrogens is 316 g/mol. The Kier molecular flexibility index (Phi) is 3.59. The number of hydrogen-bond donors (Lipinski definition) is 1. The third-order valence-corrected chi connectivity index (χ3v) is 3.86. The molecule has 0 saturated carbocycles. The fourth-order valence-electron chi connectivity index (χ4n) is 2.36. The number of aryl methyl sites for hydroxylation is 1. The molecule has 2 N–H and O–H groups in total. The van der Waals surface area contributed by atoms with Crippen molar-refractivity contribution in [2.75, 3.05) is 0 Å². The second-order valence-electron chi connectivity index (χ2n) is 4.89. The molecule has 1 aromatic heterocycles. The minimum Gasteiger partial charge on any atom is -0.441 e. The summed E-state index contributed by atoms with van der Waals surface area (Å²) >= 11 is 3.46. The number of nitrogens with two attached hydrogens (primary N) is 1. The standard InChI is InChI=1S/C16H15BrN2O/c1-10-8-11(17)6-7-12(10)13(18)9-16-19-14-4-2-3-5-15(14)20-16/h2-8,13H,9,18H2,1H3. The van der Waals surface area contributed by atoms with Crippen LogP contribution in [0.1, 0.15) is 23.1 Å². The molecule has 1 heterocycles. The topological polar surface area (TPSA) is 52.0 Å². The fraction of sp³-hybridized carbons (Fsp3) is 0.188. The molecule has 102 valence electrons. The molecule has 3 nitrogen and oxygen atoms in total. The van der Waals surface area contributed by atoms with Gasteiger partial charge in [-0.3, -0.25) is 0 Å². The number of oxazole rings is 1. The second kappa shape index (κ2) is 5.38. The van der Waals surface area contributed by atoms with Crippen molar-refractivity contribution in [2.45, 2.75) is 19.4 Å². The zero-order valence-electron chi connectivity index (χ0n) is 11.1. The predicted octanol–water partition coefficient (Wildman–Crippen LogP) is 4.14. The Morgan fingerprint density at radius 2 is 2.05 bits per heavy atom. The van der Waals surface area contributed by atoms with Gasteiger partial charge in [0.15, 0.2) is 11.5 Å². The van der Waals surface area contributed by atoms with Crippen LogP contribution in [-0.4, -0.2) is 4.98 Å². The molecule has 0 aliphatic carbocycles. The molecule has 4 heteroatoms. The lowest BCUT2D eigenvalue weighted by Gasteiger charge is -2.13. The molecule has 3 aromatic rings. The van der Waals surface area contributed by atoms with Gasteiger partial charge in [0.1, 0.15) is 5.52 Å². The molecule has 2 aromatic carbocycles. The number of halogens is 1. The summed E-state index contributed by atoms with van der Waals surface area (Å²) in [6.45, 7) is 2.06. The Bertz CT molecular complexity index is 718. The third kappa shape index (κ3) is 2.62. The summed E-state index contributed by atoms with van der Waals surface area (Å²) in [5.74, 6) is 0.681. The molecule has 20 heavy (non-hydrogen) atoms. The molecule has 3 rings (SSSR count). The average Bonchev–Trinajstić information content (AvgIpc) is 2.80. The van der Waals surface area contributed by atoms with Crippen LogP contribution >= 0.6 is 15.9 Å². The average molecular weight is 331 g/mol. The summed E-state index contributed by atoms with van der Waals surface area (Å²) in [6.07, 6.45) is 0.594. The fourth-order valence-corrected chi connectivity index (χ4v) is 2.84. The Hall–Kier alpha value is -1.65. The molecule has 1 unspecified atom stereocenters. The van der Waals surface area contributed by atoms with Crippen molar-refractivity contribution < 1.29 is 4.42 Å². The van der Waals surface area contributed by atoms with Crippen LogP contribution in [0, 0.1) is 6.92 Å². The van der Waals surface area contributed by atoms with E-state index in [0.29, 0.717) is 12.3 Å². The van der Waals surface area contributed by atoms with Gasteiger partial charge in [-0.2, -0.15) is 0 Å². The van der Waals surface area contributed by atoms with Crippen LogP contribution in [0.15, 0.2) is 51.4 Å². The maximum atomic E-state index is 6.28. The zero-order valence-corrected chi connectivity index (χ0v) is 12.7. The number of fused-ring (bicyclic) bond motifs is 1. The Morgan fingerprint density at radius 3 is 2.80 bits per heavy atom. The lowest BCUT2D eigenvalue weighted by molar-refractivity contribution is 0.502. The van der Waals surface area contributed by atoms with Crippen LogP contribution in [0.5, 0.6) is 0 Å². The number of benzene rings is 2. The van der Waals surface area contributed by atoms with Gasteiger partial charge in [0, 0.05) is 16.9 Å². The Labute approximate surface area is 125 Å². The molecule has 0 aliphatic rings. The quantitative estimate of drug-likeness (QED) is 0.785. The first-order valence-corrected chi connectivity index (χ1v) is 7.29. The molecule has 0 fully saturated rings. The lowest BCUT2D eigenvalue weighted by Crippen LogP contribution is -2.14. The van der Waals surface area contributed by atoms with E-state index in [1.165, 1.54) is 5.56 Å². The molecular formula is C16H15BrN2O. The number of aromatic nitrogens is 1. The van der Waals surface area contributed by atoms with Gasteiger partial charge in [0.25, 0.3) is 0 Å². The summed E-state index contributed by atoms with van der Waals surface area (Å²) < 4.78 is 6.79. The van der Waals surface area contributed by atoms with Crippen LogP contribution in [0.4, 0.5) is 0 Å². The first kappa shape index (κ1) is 13.3. The minimum absolute atomic E-state index is 0.115. The van der Waals surface area contributed by atoms with Gasteiger partial charge in [0.2, 0.25) is 0 Å². The SMILES string of the molecule is Cc1cc(Br)ccc1C(N)Cc1nc2ccccc2o1. The predicted molar refractivity (Wildman–Crippen MR) is 83.5 cm³/mol. The highest BCUT2D eigenvalue weighted by atomic mass is 79.9. The van der Waals surface area contributed by atoms with Crippen molar-refractivity contribution in [1.82, 2.24) is 4.98 Å². The van der Waals surface area contributed by atoms with Gasteiger partial charge in [-0.1, -0.05) is 34.1 Å². The van der Waals surface area contributed by atoms with E-state index in [9.17, 15) is 0 Å². The normalized spacial score (nSPS) is 12.8. The van der Waals surface area contributed by atoms with Gasteiger partial charge in [0.05, 0.1) is 0 Å². The van der Waals surface area contributed by atoms with Gasteiger partial charge < -0.3 is 10.2 Å². The summed E-state index contributed by atoms with van der Waals surface area (Å²) in [5, 5.41) is 0. The van der Waals surface area contributed by atoms with Crippen molar-refractivity contribution >= 4 is 27.0 Å². The third-order valence-electron chi connectivity index (χ3n) is 3.36. The second-order valence-corrected chi connectivity index (χ2v) is 5.80. The number of rotatable bonds is 3. The largest absolute Gasteiger partial charge is 0.441 e. The summed E-state index contributed by atoms with van der Waals surface area (Å²) in [4.78, 5) is 4.47.